The van der Waals surface area contributed by atoms with E-state index in [4.69, 9.17) is 0 Å². The highest BCUT2D eigenvalue weighted by atomic mass is 79.9. The smallest absolute Gasteiger partial charge is 0.296 e. The molecule has 1 N–H and O–H groups in total. The first-order chi connectivity index (χ1) is 14.9. The van der Waals surface area contributed by atoms with Gasteiger partial charge in [-0.05, 0) is 54.4 Å². The number of hydrogen-bond acceptors (Lipinski definition) is 4. The summed E-state index contributed by atoms with van der Waals surface area (Å²) in [5.74, 6) is -2.24. The number of nitrogens with zero attached hydrogens (tertiary/aromatic N) is 2. The maximum absolute atomic E-state index is 13.6. The molecule has 31 heavy (non-hydrogen) atoms. The molecule has 7 heteroatoms. The number of pyridine rings is 1. The molecule has 0 radical (unpaired) electrons. The van der Waals surface area contributed by atoms with Gasteiger partial charge in [-0.1, -0.05) is 40.2 Å². The second-order valence-corrected chi connectivity index (χ2v) is 8.12. The Hall–Kier alpha value is -3.32. The minimum atomic E-state index is -0.869. The molecule has 156 valence electrons. The minimum Gasteiger partial charge on any atom is -0.507 e. The normalized spacial score (nSPS) is 17.9. The van der Waals surface area contributed by atoms with Crippen molar-refractivity contribution < 1.29 is 19.1 Å². The second kappa shape index (κ2) is 8.43. The molecule has 0 bridgehead atoms. The SMILES string of the molecule is Cc1cc(/C(O)=C2/C(=O)C(=O)N(Cc3ccccn3)C2c2ccc(F)cc2)ccc1Br. The van der Waals surface area contributed by atoms with Crippen LogP contribution in [0.1, 0.15) is 28.4 Å². The summed E-state index contributed by atoms with van der Waals surface area (Å²) in [5, 5.41) is 11.1. The van der Waals surface area contributed by atoms with E-state index < -0.39 is 23.5 Å². The van der Waals surface area contributed by atoms with Crippen molar-refractivity contribution in [3.63, 3.8) is 0 Å². The molecule has 3 aromatic rings. The standard InChI is InChI=1S/C24H18BrFN2O3/c1-14-12-16(7-10-19(14)25)22(29)20-21(15-5-8-17(26)9-6-15)28(24(31)23(20)30)13-18-4-2-3-11-27-18/h2-12,21,29H,13H2,1H3/b22-20-. The number of carbonyl (C=O) groups excluding carboxylic acids is 2. The zero-order chi connectivity index (χ0) is 22.1. The molecule has 1 unspecified atom stereocenters. The maximum Gasteiger partial charge on any atom is 0.296 e. The maximum atomic E-state index is 13.6. The van der Waals surface area contributed by atoms with Gasteiger partial charge in [0.1, 0.15) is 11.6 Å². The third-order valence-corrected chi connectivity index (χ3v) is 6.11. The molecule has 1 saturated heterocycles. The van der Waals surface area contributed by atoms with E-state index in [-0.39, 0.29) is 17.9 Å². The van der Waals surface area contributed by atoms with Gasteiger partial charge in [0.05, 0.1) is 23.9 Å². The van der Waals surface area contributed by atoms with E-state index in [0.717, 1.165) is 10.0 Å². The zero-order valence-electron chi connectivity index (χ0n) is 16.5. The van der Waals surface area contributed by atoms with Crippen LogP contribution in [0.3, 0.4) is 0 Å². The first-order valence-electron chi connectivity index (χ1n) is 9.57. The Bertz CT molecular complexity index is 1190. The quantitative estimate of drug-likeness (QED) is 0.327. The molecular weight excluding hydrogens is 463 g/mol. The van der Waals surface area contributed by atoms with E-state index in [1.54, 1.807) is 42.6 Å². The third kappa shape index (κ3) is 4.01. The van der Waals surface area contributed by atoms with E-state index in [9.17, 15) is 19.1 Å². The Kier molecular flexibility index (Phi) is 5.69. The Balaban J connectivity index is 1.87. The summed E-state index contributed by atoms with van der Waals surface area (Å²) < 4.78 is 14.4. The molecule has 1 amide bonds. The number of likely N-dealkylation sites (tertiary alicyclic amines) is 1. The summed E-state index contributed by atoms with van der Waals surface area (Å²) >= 11 is 3.42. The first kappa shape index (κ1) is 20.9. The first-order valence-corrected chi connectivity index (χ1v) is 10.4. The lowest BCUT2D eigenvalue weighted by molar-refractivity contribution is -0.140. The van der Waals surface area contributed by atoms with E-state index >= 15 is 0 Å². The van der Waals surface area contributed by atoms with E-state index in [2.05, 4.69) is 20.9 Å². The Morgan fingerprint density at radius 1 is 1.13 bits per heavy atom. The lowest BCUT2D eigenvalue weighted by atomic mass is 9.95. The van der Waals surface area contributed by atoms with Gasteiger partial charge < -0.3 is 10.0 Å². The van der Waals surface area contributed by atoms with Crippen LogP contribution in [0.25, 0.3) is 5.76 Å². The van der Waals surface area contributed by atoms with Gasteiger partial charge in [0.2, 0.25) is 0 Å². The van der Waals surface area contributed by atoms with Crippen molar-refractivity contribution in [2.24, 2.45) is 0 Å². The number of aromatic nitrogens is 1. The summed E-state index contributed by atoms with van der Waals surface area (Å²) in [6.45, 7) is 1.93. The molecule has 0 spiro atoms. The van der Waals surface area contributed by atoms with Crippen molar-refractivity contribution in [2.75, 3.05) is 0 Å². The van der Waals surface area contributed by atoms with Gasteiger partial charge >= 0.3 is 0 Å². The molecule has 4 rings (SSSR count). The van der Waals surface area contributed by atoms with Crippen LogP contribution in [-0.4, -0.2) is 26.7 Å². The minimum absolute atomic E-state index is 0.0331. The van der Waals surface area contributed by atoms with Gasteiger partial charge in [-0.3, -0.25) is 14.6 Å². The molecule has 0 saturated carbocycles. The molecule has 1 aromatic heterocycles. The van der Waals surface area contributed by atoms with Gasteiger partial charge in [0.25, 0.3) is 11.7 Å². The highest BCUT2D eigenvalue weighted by molar-refractivity contribution is 9.10. The van der Waals surface area contributed by atoms with Crippen LogP contribution in [0.15, 0.2) is 76.9 Å². The van der Waals surface area contributed by atoms with Gasteiger partial charge in [0, 0.05) is 16.2 Å². The summed E-state index contributed by atoms with van der Waals surface area (Å²) in [4.78, 5) is 31.6. The molecule has 1 aliphatic heterocycles. The average molecular weight is 481 g/mol. The van der Waals surface area contributed by atoms with Gasteiger partial charge in [0.15, 0.2) is 0 Å². The van der Waals surface area contributed by atoms with E-state index in [1.165, 1.54) is 29.2 Å². The van der Waals surface area contributed by atoms with Crippen molar-refractivity contribution in [3.8, 4) is 0 Å². The number of rotatable bonds is 4. The summed E-state index contributed by atoms with van der Waals surface area (Å²) in [5.41, 5.74) is 2.37. The molecule has 1 atom stereocenters. The number of benzene rings is 2. The number of Topliss-reactive ketones (excluding diaryl/α,β-unsaturated/α-hetero) is 1. The molecule has 2 heterocycles. The van der Waals surface area contributed by atoms with Crippen LogP contribution >= 0.6 is 15.9 Å². The van der Waals surface area contributed by atoms with Crippen molar-refractivity contribution in [1.29, 1.82) is 0 Å². The third-order valence-electron chi connectivity index (χ3n) is 5.22. The Morgan fingerprint density at radius 3 is 2.52 bits per heavy atom. The van der Waals surface area contributed by atoms with Crippen LogP contribution in [0.5, 0.6) is 0 Å². The molecule has 2 aromatic carbocycles. The fourth-order valence-corrected chi connectivity index (χ4v) is 3.90. The predicted molar refractivity (Wildman–Crippen MR) is 117 cm³/mol. The summed E-state index contributed by atoms with van der Waals surface area (Å²) in [6, 6.07) is 15.1. The van der Waals surface area contributed by atoms with Crippen LogP contribution in [0.4, 0.5) is 4.39 Å². The van der Waals surface area contributed by atoms with Crippen LogP contribution in [-0.2, 0) is 16.1 Å². The average Bonchev–Trinajstić information content (AvgIpc) is 3.01. The molecular formula is C24H18BrFN2O3. The van der Waals surface area contributed by atoms with Crippen molar-refractivity contribution in [2.45, 2.75) is 19.5 Å². The number of halogens is 2. The fourth-order valence-electron chi connectivity index (χ4n) is 3.65. The van der Waals surface area contributed by atoms with Crippen LogP contribution in [0.2, 0.25) is 0 Å². The van der Waals surface area contributed by atoms with Crippen LogP contribution in [0, 0.1) is 12.7 Å². The van der Waals surface area contributed by atoms with Gasteiger partial charge in [-0.2, -0.15) is 0 Å². The lowest BCUT2D eigenvalue weighted by Gasteiger charge is -2.25. The number of aryl methyl sites for hydroxylation is 1. The summed E-state index contributed by atoms with van der Waals surface area (Å²) in [6.07, 6.45) is 1.60. The fraction of sp³-hybridized carbons (Fsp3) is 0.125. The number of ketones is 1. The highest BCUT2D eigenvalue weighted by Gasteiger charge is 2.46. The molecule has 0 aliphatic carbocycles. The largest absolute Gasteiger partial charge is 0.507 e. The molecule has 1 fully saturated rings. The second-order valence-electron chi connectivity index (χ2n) is 7.26. The Labute approximate surface area is 187 Å². The predicted octanol–water partition coefficient (Wildman–Crippen LogP) is 4.91. The van der Waals surface area contributed by atoms with Gasteiger partial charge in [-0.25, -0.2) is 4.39 Å². The lowest BCUT2D eigenvalue weighted by Crippen LogP contribution is -2.29. The monoisotopic (exact) mass is 480 g/mol. The number of aliphatic hydroxyl groups excluding tert-OH is 1. The number of aliphatic hydroxyl groups is 1. The Morgan fingerprint density at radius 2 is 1.87 bits per heavy atom. The van der Waals surface area contributed by atoms with Crippen molar-refractivity contribution in [1.82, 2.24) is 9.88 Å². The number of carbonyl (C=O) groups is 2. The van der Waals surface area contributed by atoms with E-state index in [1.807, 2.05) is 6.92 Å². The molecule has 1 aliphatic rings. The van der Waals surface area contributed by atoms with Crippen molar-refractivity contribution in [3.05, 3.63) is 105 Å². The molecule has 5 nitrogen and oxygen atoms in total. The number of hydrogen-bond donors (Lipinski definition) is 1. The van der Waals surface area contributed by atoms with Gasteiger partial charge in [-0.15, -0.1) is 0 Å². The summed E-state index contributed by atoms with van der Waals surface area (Å²) in [7, 11) is 0. The van der Waals surface area contributed by atoms with Crippen LogP contribution < -0.4 is 0 Å². The topological polar surface area (TPSA) is 70.5 Å². The van der Waals surface area contributed by atoms with E-state index in [0.29, 0.717) is 16.8 Å². The number of amides is 1. The highest BCUT2D eigenvalue weighted by Crippen LogP contribution is 2.40. The van der Waals surface area contributed by atoms with Crippen molar-refractivity contribution >= 4 is 33.4 Å². The zero-order valence-corrected chi connectivity index (χ0v) is 18.1.